The van der Waals surface area contributed by atoms with E-state index in [-0.39, 0.29) is 23.1 Å². The van der Waals surface area contributed by atoms with Crippen LogP contribution in [0.2, 0.25) is 0 Å². The lowest BCUT2D eigenvalue weighted by Gasteiger charge is -2.21. The predicted molar refractivity (Wildman–Crippen MR) is 63.7 cm³/mol. The quantitative estimate of drug-likeness (QED) is 0.788. The number of aliphatic hydroxyl groups excluding tert-OH is 1. The lowest BCUT2D eigenvalue weighted by atomic mass is 10.1. The first-order valence-electron chi connectivity index (χ1n) is 5.05. The van der Waals surface area contributed by atoms with Gasteiger partial charge in [0.2, 0.25) is 0 Å². The Morgan fingerprint density at radius 3 is 2.67 bits per heavy atom. The van der Waals surface area contributed by atoms with Gasteiger partial charge in [-0.3, -0.25) is 4.68 Å². The maximum atomic E-state index is 9.04. The number of rotatable bonds is 5. The first kappa shape index (κ1) is 12.5. The van der Waals surface area contributed by atoms with Crippen molar-refractivity contribution in [1.29, 1.82) is 0 Å². The minimum absolute atomic E-state index is 0.0493. The number of aromatic nitrogens is 2. The smallest absolute Gasteiger partial charge is 0.0547 e. The average molecular weight is 229 g/mol. The van der Waals surface area contributed by atoms with E-state index in [9.17, 15) is 0 Å². The first-order valence-corrected chi connectivity index (χ1v) is 5.99. The van der Waals surface area contributed by atoms with Gasteiger partial charge in [0.15, 0.2) is 0 Å². The number of thioether (sulfide) groups is 1. The summed E-state index contributed by atoms with van der Waals surface area (Å²) in [6.07, 6.45) is 3.82. The average Bonchev–Trinajstić information content (AvgIpc) is 2.60. The van der Waals surface area contributed by atoms with Crippen molar-refractivity contribution in [2.75, 3.05) is 6.61 Å². The number of aliphatic hydroxyl groups is 1. The number of aryl methyl sites for hydroxylation is 1. The van der Waals surface area contributed by atoms with Gasteiger partial charge in [-0.2, -0.15) is 5.10 Å². The highest BCUT2D eigenvalue weighted by Crippen LogP contribution is 2.33. The van der Waals surface area contributed by atoms with Crippen molar-refractivity contribution in [2.45, 2.75) is 30.4 Å². The second-order valence-corrected chi connectivity index (χ2v) is 5.44. The third-order valence-electron chi connectivity index (χ3n) is 2.17. The molecule has 0 aromatic carbocycles. The molecule has 0 amide bonds. The summed E-state index contributed by atoms with van der Waals surface area (Å²) in [7, 11) is 1.89. The lowest BCUT2D eigenvalue weighted by molar-refractivity contribution is 0.299. The van der Waals surface area contributed by atoms with Crippen LogP contribution in [0.5, 0.6) is 0 Å². The van der Waals surface area contributed by atoms with Gasteiger partial charge in [0.25, 0.3) is 0 Å². The third kappa shape index (κ3) is 3.52. The van der Waals surface area contributed by atoms with Crippen molar-refractivity contribution < 1.29 is 5.11 Å². The van der Waals surface area contributed by atoms with Gasteiger partial charge in [-0.15, -0.1) is 11.8 Å². The Hall–Kier alpha value is -0.520. The molecular weight excluding hydrogens is 210 g/mol. The Kier molecular flexibility index (Phi) is 4.63. The number of nitrogens with zero attached hydrogens (tertiary/aromatic N) is 2. The molecule has 0 bridgehead atoms. The standard InChI is InChI=1S/C10H19N3OS/c1-7(6-14)15-10(8(2)11)9-4-12-13(3)5-9/h4-5,7-8,10,14H,6,11H2,1-3H3. The van der Waals surface area contributed by atoms with Gasteiger partial charge in [0.05, 0.1) is 12.8 Å². The molecule has 1 rings (SSSR count). The molecule has 0 radical (unpaired) electrons. The van der Waals surface area contributed by atoms with Crippen molar-refractivity contribution in [3.05, 3.63) is 18.0 Å². The van der Waals surface area contributed by atoms with Gasteiger partial charge in [-0.05, 0) is 6.92 Å². The highest BCUT2D eigenvalue weighted by molar-refractivity contribution is 8.00. The van der Waals surface area contributed by atoms with Crippen molar-refractivity contribution >= 4 is 11.8 Å². The van der Waals surface area contributed by atoms with E-state index in [4.69, 9.17) is 10.8 Å². The van der Waals surface area contributed by atoms with E-state index in [1.807, 2.05) is 33.3 Å². The van der Waals surface area contributed by atoms with Gasteiger partial charge in [0.1, 0.15) is 0 Å². The van der Waals surface area contributed by atoms with Crippen LogP contribution < -0.4 is 5.73 Å². The fourth-order valence-electron chi connectivity index (χ4n) is 1.39. The highest BCUT2D eigenvalue weighted by Gasteiger charge is 2.20. The molecule has 15 heavy (non-hydrogen) atoms. The maximum Gasteiger partial charge on any atom is 0.0547 e. The zero-order valence-electron chi connectivity index (χ0n) is 9.42. The molecule has 0 aliphatic carbocycles. The summed E-state index contributed by atoms with van der Waals surface area (Å²) in [5, 5.41) is 13.6. The molecule has 0 aliphatic rings. The lowest BCUT2D eigenvalue weighted by Crippen LogP contribution is -2.24. The Morgan fingerprint density at radius 2 is 2.27 bits per heavy atom. The van der Waals surface area contributed by atoms with E-state index in [0.717, 1.165) is 5.56 Å². The third-order valence-corrected chi connectivity index (χ3v) is 3.78. The van der Waals surface area contributed by atoms with E-state index in [1.165, 1.54) is 0 Å². The van der Waals surface area contributed by atoms with E-state index in [1.54, 1.807) is 16.4 Å². The summed E-state index contributed by atoms with van der Waals surface area (Å²) in [4.78, 5) is 0. The van der Waals surface area contributed by atoms with Crippen LogP contribution >= 0.6 is 11.8 Å². The fourth-order valence-corrected chi connectivity index (χ4v) is 2.50. The van der Waals surface area contributed by atoms with Crippen LogP contribution in [0.15, 0.2) is 12.4 Å². The number of hydrogen-bond acceptors (Lipinski definition) is 4. The summed E-state index contributed by atoms with van der Waals surface area (Å²) < 4.78 is 1.77. The van der Waals surface area contributed by atoms with Gasteiger partial charge < -0.3 is 10.8 Å². The molecule has 0 aliphatic heterocycles. The molecule has 1 aromatic rings. The Labute approximate surface area is 94.9 Å². The largest absolute Gasteiger partial charge is 0.395 e. The topological polar surface area (TPSA) is 64.1 Å². The molecular formula is C10H19N3OS. The molecule has 3 unspecified atom stereocenters. The Bertz CT molecular complexity index is 301. The fraction of sp³-hybridized carbons (Fsp3) is 0.700. The molecule has 1 heterocycles. The molecule has 0 spiro atoms. The summed E-state index contributed by atoms with van der Waals surface area (Å²) >= 11 is 1.69. The summed E-state index contributed by atoms with van der Waals surface area (Å²) in [5.74, 6) is 0. The van der Waals surface area contributed by atoms with Crippen molar-refractivity contribution in [3.8, 4) is 0 Å². The first-order chi connectivity index (χ1) is 7.04. The van der Waals surface area contributed by atoms with Gasteiger partial charge in [0, 0.05) is 35.3 Å². The molecule has 5 heteroatoms. The monoisotopic (exact) mass is 229 g/mol. The maximum absolute atomic E-state index is 9.04. The van der Waals surface area contributed by atoms with E-state index in [0.29, 0.717) is 0 Å². The SMILES string of the molecule is CC(CO)SC(c1cnn(C)c1)C(C)N. The normalized spacial score (nSPS) is 17.4. The summed E-state index contributed by atoms with van der Waals surface area (Å²) in [6.45, 7) is 4.15. The number of hydrogen-bond donors (Lipinski definition) is 2. The number of nitrogens with two attached hydrogens (primary N) is 1. The second-order valence-electron chi connectivity index (χ2n) is 3.86. The van der Waals surface area contributed by atoms with E-state index < -0.39 is 0 Å². The van der Waals surface area contributed by atoms with Gasteiger partial charge in [-0.1, -0.05) is 6.92 Å². The second kappa shape index (κ2) is 5.53. The molecule has 4 nitrogen and oxygen atoms in total. The van der Waals surface area contributed by atoms with Crippen LogP contribution in [-0.4, -0.2) is 32.8 Å². The van der Waals surface area contributed by atoms with Crippen molar-refractivity contribution in [2.24, 2.45) is 12.8 Å². The van der Waals surface area contributed by atoms with Crippen LogP contribution in [0, 0.1) is 0 Å². The highest BCUT2D eigenvalue weighted by atomic mass is 32.2. The minimum atomic E-state index is 0.0493. The molecule has 3 atom stereocenters. The van der Waals surface area contributed by atoms with Gasteiger partial charge in [-0.25, -0.2) is 0 Å². The zero-order valence-corrected chi connectivity index (χ0v) is 10.2. The van der Waals surface area contributed by atoms with Crippen LogP contribution in [0.4, 0.5) is 0 Å². The van der Waals surface area contributed by atoms with E-state index in [2.05, 4.69) is 5.10 Å². The Balaban J connectivity index is 2.74. The van der Waals surface area contributed by atoms with Crippen LogP contribution in [-0.2, 0) is 7.05 Å². The molecule has 0 fully saturated rings. The minimum Gasteiger partial charge on any atom is -0.395 e. The molecule has 0 saturated heterocycles. The van der Waals surface area contributed by atoms with Gasteiger partial charge >= 0.3 is 0 Å². The summed E-state index contributed by atoms with van der Waals surface area (Å²) in [5.41, 5.74) is 7.06. The Morgan fingerprint density at radius 1 is 1.60 bits per heavy atom. The van der Waals surface area contributed by atoms with Crippen LogP contribution in [0.25, 0.3) is 0 Å². The molecule has 1 aromatic heterocycles. The van der Waals surface area contributed by atoms with Crippen LogP contribution in [0.1, 0.15) is 24.7 Å². The summed E-state index contributed by atoms with van der Waals surface area (Å²) in [6, 6.07) is 0.0493. The molecule has 3 N–H and O–H groups in total. The van der Waals surface area contributed by atoms with Crippen molar-refractivity contribution in [3.63, 3.8) is 0 Å². The predicted octanol–water partition coefficient (Wildman–Crippen LogP) is 0.922. The van der Waals surface area contributed by atoms with E-state index >= 15 is 0 Å². The molecule has 86 valence electrons. The van der Waals surface area contributed by atoms with Crippen molar-refractivity contribution in [1.82, 2.24) is 9.78 Å². The van der Waals surface area contributed by atoms with Crippen LogP contribution in [0.3, 0.4) is 0 Å². The zero-order chi connectivity index (χ0) is 11.4. The molecule has 0 saturated carbocycles.